The van der Waals surface area contributed by atoms with Crippen LogP contribution in [0.25, 0.3) is 16.9 Å². The smallest absolute Gasteiger partial charge is 0.234 e. The van der Waals surface area contributed by atoms with Gasteiger partial charge in [0.1, 0.15) is 0 Å². The van der Waals surface area contributed by atoms with Crippen LogP contribution in [-0.2, 0) is 11.3 Å². The molecule has 1 amide bonds. The van der Waals surface area contributed by atoms with E-state index in [1.165, 1.54) is 0 Å². The van der Waals surface area contributed by atoms with Crippen molar-refractivity contribution in [3.63, 3.8) is 0 Å². The highest BCUT2D eigenvalue weighted by atomic mass is 35.5. The van der Waals surface area contributed by atoms with Gasteiger partial charge in [0.2, 0.25) is 5.91 Å². The third-order valence-electron chi connectivity index (χ3n) is 4.23. The van der Waals surface area contributed by atoms with Crippen molar-refractivity contribution in [2.24, 2.45) is 0 Å². The van der Waals surface area contributed by atoms with Gasteiger partial charge < -0.3 is 5.32 Å². The van der Waals surface area contributed by atoms with Crippen molar-refractivity contribution in [2.45, 2.75) is 6.54 Å². The maximum atomic E-state index is 12.0. The predicted octanol–water partition coefficient (Wildman–Crippen LogP) is 3.93. The van der Waals surface area contributed by atoms with E-state index in [4.69, 9.17) is 16.7 Å². The Balaban J connectivity index is 1.87. The molecule has 0 unspecified atom stereocenters. The lowest BCUT2D eigenvalue weighted by Gasteiger charge is -2.16. The standard InChI is InChI=1S/C22H23ClN4O/c1-3-13-24-21(28)16-26(2)14-18-15-27(20-7-5-4-6-8-20)25-22(18)17-9-11-19(23)12-10-17/h3-12,15H,1,13-14,16H2,2H3,(H,24,28). The minimum absolute atomic E-state index is 0.0362. The summed E-state index contributed by atoms with van der Waals surface area (Å²) in [4.78, 5) is 13.9. The van der Waals surface area contributed by atoms with Gasteiger partial charge in [0, 0.05) is 35.4 Å². The number of halogens is 1. The fourth-order valence-electron chi connectivity index (χ4n) is 2.92. The quantitative estimate of drug-likeness (QED) is 0.589. The first-order valence-corrected chi connectivity index (χ1v) is 9.40. The van der Waals surface area contributed by atoms with Crippen LogP contribution in [0.15, 0.2) is 73.4 Å². The molecule has 2 aromatic carbocycles. The molecule has 1 N–H and O–H groups in total. The number of nitrogens with zero attached hydrogens (tertiary/aromatic N) is 3. The zero-order chi connectivity index (χ0) is 19.9. The summed E-state index contributed by atoms with van der Waals surface area (Å²) >= 11 is 6.04. The molecule has 0 aliphatic rings. The second kappa shape index (κ2) is 9.35. The van der Waals surface area contributed by atoms with Crippen LogP contribution in [0.4, 0.5) is 0 Å². The number of hydrogen-bond acceptors (Lipinski definition) is 3. The van der Waals surface area contributed by atoms with Crippen LogP contribution in [0.2, 0.25) is 5.02 Å². The van der Waals surface area contributed by atoms with Gasteiger partial charge in [-0.2, -0.15) is 5.10 Å². The lowest BCUT2D eigenvalue weighted by molar-refractivity contribution is -0.121. The van der Waals surface area contributed by atoms with E-state index in [1.807, 2.05) is 77.4 Å². The molecule has 1 aromatic heterocycles. The first kappa shape index (κ1) is 19.9. The molecular formula is C22H23ClN4O. The molecule has 0 fully saturated rings. The van der Waals surface area contributed by atoms with Crippen LogP contribution >= 0.6 is 11.6 Å². The van der Waals surface area contributed by atoms with Gasteiger partial charge in [-0.1, -0.05) is 48.0 Å². The van der Waals surface area contributed by atoms with Gasteiger partial charge in [-0.05, 0) is 31.3 Å². The highest BCUT2D eigenvalue weighted by Crippen LogP contribution is 2.26. The predicted molar refractivity (Wildman–Crippen MR) is 114 cm³/mol. The largest absolute Gasteiger partial charge is 0.352 e. The molecule has 0 radical (unpaired) electrons. The maximum Gasteiger partial charge on any atom is 0.234 e. The molecule has 5 nitrogen and oxygen atoms in total. The van der Waals surface area contributed by atoms with Crippen molar-refractivity contribution in [1.29, 1.82) is 0 Å². The Morgan fingerprint density at radius 1 is 1.21 bits per heavy atom. The summed E-state index contributed by atoms with van der Waals surface area (Å²) in [5.74, 6) is -0.0362. The molecule has 6 heteroatoms. The highest BCUT2D eigenvalue weighted by Gasteiger charge is 2.15. The number of rotatable bonds is 8. The second-order valence-corrected chi connectivity index (χ2v) is 6.99. The Labute approximate surface area is 170 Å². The summed E-state index contributed by atoms with van der Waals surface area (Å²) in [5, 5.41) is 8.28. The molecule has 144 valence electrons. The van der Waals surface area contributed by atoms with E-state index in [2.05, 4.69) is 11.9 Å². The molecule has 28 heavy (non-hydrogen) atoms. The highest BCUT2D eigenvalue weighted by molar-refractivity contribution is 6.30. The molecule has 1 heterocycles. The van der Waals surface area contributed by atoms with E-state index < -0.39 is 0 Å². The number of benzene rings is 2. The monoisotopic (exact) mass is 394 g/mol. The number of carbonyl (C=O) groups excluding carboxylic acids is 1. The van der Waals surface area contributed by atoms with Gasteiger partial charge in [-0.25, -0.2) is 4.68 Å². The van der Waals surface area contributed by atoms with Gasteiger partial charge in [0.25, 0.3) is 0 Å². The van der Waals surface area contributed by atoms with Crippen LogP contribution in [0.3, 0.4) is 0 Å². The fourth-order valence-corrected chi connectivity index (χ4v) is 3.05. The number of likely N-dealkylation sites (N-methyl/N-ethyl adjacent to an activating group) is 1. The van der Waals surface area contributed by atoms with Crippen molar-refractivity contribution in [2.75, 3.05) is 20.1 Å². The van der Waals surface area contributed by atoms with Gasteiger partial charge in [-0.3, -0.25) is 9.69 Å². The van der Waals surface area contributed by atoms with Crippen molar-refractivity contribution >= 4 is 17.5 Å². The van der Waals surface area contributed by atoms with Gasteiger partial charge in [-0.15, -0.1) is 6.58 Å². The minimum Gasteiger partial charge on any atom is -0.352 e. The van der Waals surface area contributed by atoms with Crippen molar-refractivity contribution in [1.82, 2.24) is 20.0 Å². The zero-order valence-corrected chi connectivity index (χ0v) is 16.6. The Hall–Kier alpha value is -2.89. The third-order valence-corrected chi connectivity index (χ3v) is 4.48. The summed E-state index contributed by atoms with van der Waals surface area (Å²) in [6.07, 6.45) is 3.68. The Morgan fingerprint density at radius 3 is 2.61 bits per heavy atom. The average molecular weight is 395 g/mol. The van der Waals surface area contributed by atoms with Crippen LogP contribution in [0.5, 0.6) is 0 Å². The molecule has 0 atom stereocenters. The number of para-hydroxylation sites is 1. The summed E-state index contributed by atoms with van der Waals surface area (Å²) in [7, 11) is 1.92. The first-order chi connectivity index (χ1) is 13.6. The Bertz CT molecular complexity index is 935. The number of hydrogen-bond donors (Lipinski definition) is 1. The topological polar surface area (TPSA) is 50.2 Å². The van der Waals surface area contributed by atoms with Gasteiger partial charge >= 0.3 is 0 Å². The van der Waals surface area contributed by atoms with Crippen LogP contribution in [0, 0.1) is 0 Å². The molecule has 0 spiro atoms. The molecule has 3 rings (SSSR count). The number of carbonyl (C=O) groups is 1. The van der Waals surface area contributed by atoms with Gasteiger partial charge in [0.15, 0.2) is 0 Å². The van der Waals surface area contributed by atoms with E-state index >= 15 is 0 Å². The van der Waals surface area contributed by atoms with Crippen LogP contribution < -0.4 is 5.32 Å². The summed E-state index contributed by atoms with van der Waals surface area (Å²) < 4.78 is 1.87. The van der Waals surface area contributed by atoms with E-state index in [9.17, 15) is 4.79 Å². The molecule has 3 aromatic rings. The van der Waals surface area contributed by atoms with Crippen molar-refractivity contribution < 1.29 is 4.79 Å². The van der Waals surface area contributed by atoms with E-state index in [1.54, 1.807) is 6.08 Å². The third kappa shape index (κ3) is 5.09. The number of aromatic nitrogens is 2. The molecule has 0 bridgehead atoms. The van der Waals surface area contributed by atoms with Crippen molar-refractivity contribution in [3.05, 3.63) is 84.0 Å². The molecule has 0 saturated heterocycles. The van der Waals surface area contributed by atoms with E-state index in [0.717, 1.165) is 22.5 Å². The van der Waals surface area contributed by atoms with E-state index in [-0.39, 0.29) is 5.91 Å². The molecule has 0 saturated carbocycles. The SMILES string of the molecule is C=CCNC(=O)CN(C)Cc1cn(-c2ccccc2)nc1-c1ccc(Cl)cc1. The minimum atomic E-state index is -0.0362. The van der Waals surface area contributed by atoms with Crippen LogP contribution in [-0.4, -0.2) is 40.7 Å². The summed E-state index contributed by atoms with van der Waals surface area (Å²) in [6.45, 7) is 4.97. The number of amides is 1. The summed E-state index contributed by atoms with van der Waals surface area (Å²) in [5.41, 5.74) is 3.87. The maximum absolute atomic E-state index is 12.0. The first-order valence-electron chi connectivity index (χ1n) is 9.03. The normalized spacial score (nSPS) is 10.8. The zero-order valence-electron chi connectivity index (χ0n) is 15.8. The lowest BCUT2D eigenvalue weighted by Crippen LogP contribution is -2.34. The Morgan fingerprint density at radius 2 is 1.93 bits per heavy atom. The fraction of sp³-hybridized carbons (Fsp3) is 0.182. The molecule has 0 aliphatic carbocycles. The Kier molecular flexibility index (Phi) is 6.63. The molecular weight excluding hydrogens is 372 g/mol. The summed E-state index contributed by atoms with van der Waals surface area (Å²) in [6, 6.07) is 17.6. The molecule has 0 aliphatic heterocycles. The second-order valence-electron chi connectivity index (χ2n) is 6.55. The lowest BCUT2D eigenvalue weighted by atomic mass is 10.1. The van der Waals surface area contributed by atoms with Crippen molar-refractivity contribution in [3.8, 4) is 16.9 Å². The van der Waals surface area contributed by atoms with E-state index in [0.29, 0.717) is 24.7 Å². The number of nitrogens with one attached hydrogen (secondary N) is 1. The van der Waals surface area contributed by atoms with Crippen LogP contribution in [0.1, 0.15) is 5.56 Å². The van der Waals surface area contributed by atoms with Gasteiger partial charge in [0.05, 0.1) is 17.9 Å². The average Bonchev–Trinajstić information content (AvgIpc) is 3.11.